The van der Waals surface area contributed by atoms with Crippen molar-refractivity contribution in [3.8, 4) is 11.3 Å². The average molecular weight is 247 g/mol. The quantitative estimate of drug-likeness (QED) is 0.814. The number of pyridine rings is 1. The number of morpholine rings is 1. The standard InChI is InChI=1S/C12H13N3OS/c1-2-10(8-13-3-1)11-9-17-12(14-11)15-4-6-16-7-5-15/h1-3,8-9H,4-7H2. The minimum atomic E-state index is 0.793. The molecule has 1 aliphatic heterocycles. The third-order valence-corrected chi connectivity index (χ3v) is 3.63. The first-order valence-corrected chi connectivity index (χ1v) is 6.50. The fourth-order valence-electron chi connectivity index (χ4n) is 1.81. The number of thiazole rings is 1. The zero-order valence-corrected chi connectivity index (χ0v) is 10.2. The van der Waals surface area contributed by atoms with Crippen LogP contribution in [0.2, 0.25) is 0 Å². The van der Waals surface area contributed by atoms with Crippen LogP contribution in [0.15, 0.2) is 29.9 Å². The van der Waals surface area contributed by atoms with Crippen molar-refractivity contribution in [2.45, 2.75) is 0 Å². The SMILES string of the molecule is c1cncc(-c2csc(N3CCOCC3)n2)c1. The highest BCUT2D eigenvalue weighted by molar-refractivity contribution is 7.14. The summed E-state index contributed by atoms with van der Waals surface area (Å²) < 4.78 is 5.34. The Hall–Kier alpha value is -1.46. The van der Waals surface area contributed by atoms with Gasteiger partial charge in [0.05, 0.1) is 18.9 Å². The maximum Gasteiger partial charge on any atom is 0.186 e. The number of hydrogen-bond acceptors (Lipinski definition) is 5. The molecular weight excluding hydrogens is 234 g/mol. The zero-order valence-electron chi connectivity index (χ0n) is 9.37. The molecule has 1 fully saturated rings. The number of hydrogen-bond donors (Lipinski definition) is 0. The maximum absolute atomic E-state index is 5.34. The van der Waals surface area contributed by atoms with Crippen LogP contribution in [-0.4, -0.2) is 36.3 Å². The van der Waals surface area contributed by atoms with Crippen molar-refractivity contribution in [1.29, 1.82) is 0 Å². The van der Waals surface area contributed by atoms with Gasteiger partial charge in [0, 0.05) is 36.4 Å². The van der Waals surface area contributed by atoms with Gasteiger partial charge < -0.3 is 9.64 Å². The molecule has 88 valence electrons. The minimum absolute atomic E-state index is 0.793. The van der Waals surface area contributed by atoms with Crippen LogP contribution in [0, 0.1) is 0 Å². The molecule has 2 aromatic rings. The first-order chi connectivity index (χ1) is 8.43. The van der Waals surface area contributed by atoms with E-state index in [9.17, 15) is 0 Å². The maximum atomic E-state index is 5.34. The van der Waals surface area contributed by atoms with Crippen molar-refractivity contribution in [1.82, 2.24) is 9.97 Å². The summed E-state index contributed by atoms with van der Waals surface area (Å²) in [4.78, 5) is 11.0. The third-order valence-electron chi connectivity index (χ3n) is 2.73. The Morgan fingerprint density at radius 2 is 2.18 bits per heavy atom. The Labute approximate surface area is 104 Å². The zero-order chi connectivity index (χ0) is 11.5. The largest absolute Gasteiger partial charge is 0.378 e. The van der Waals surface area contributed by atoms with Crippen LogP contribution in [0.25, 0.3) is 11.3 Å². The fraction of sp³-hybridized carbons (Fsp3) is 0.333. The molecule has 0 bridgehead atoms. The Morgan fingerprint density at radius 1 is 1.29 bits per heavy atom. The molecule has 3 heterocycles. The van der Waals surface area contributed by atoms with Crippen LogP contribution in [0.1, 0.15) is 0 Å². The number of rotatable bonds is 2. The molecule has 0 saturated carbocycles. The summed E-state index contributed by atoms with van der Waals surface area (Å²) in [5.74, 6) is 0. The number of anilines is 1. The Balaban J connectivity index is 1.83. The van der Waals surface area contributed by atoms with E-state index in [-0.39, 0.29) is 0 Å². The second-order valence-electron chi connectivity index (χ2n) is 3.86. The topological polar surface area (TPSA) is 38.2 Å². The van der Waals surface area contributed by atoms with E-state index in [1.54, 1.807) is 17.5 Å². The van der Waals surface area contributed by atoms with Gasteiger partial charge in [0.25, 0.3) is 0 Å². The number of nitrogens with zero attached hydrogens (tertiary/aromatic N) is 3. The number of aromatic nitrogens is 2. The molecule has 0 unspecified atom stereocenters. The van der Waals surface area contributed by atoms with Gasteiger partial charge in [0.15, 0.2) is 5.13 Å². The van der Waals surface area contributed by atoms with Gasteiger partial charge in [0.2, 0.25) is 0 Å². The lowest BCUT2D eigenvalue weighted by atomic mass is 10.2. The van der Waals surface area contributed by atoms with E-state index in [0.29, 0.717) is 0 Å². The van der Waals surface area contributed by atoms with Gasteiger partial charge in [-0.2, -0.15) is 0 Å². The van der Waals surface area contributed by atoms with E-state index in [1.807, 2.05) is 18.3 Å². The molecule has 1 saturated heterocycles. The highest BCUT2D eigenvalue weighted by Crippen LogP contribution is 2.27. The predicted octanol–water partition coefficient (Wildman–Crippen LogP) is 2.04. The van der Waals surface area contributed by atoms with Crippen molar-refractivity contribution in [2.24, 2.45) is 0 Å². The smallest absolute Gasteiger partial charge is 0.186 e. The highest BCUT2D eigenvalue weighted by Gasteiger charge is 2.14. The minimum Gasteiger partial charge on any atom is -0.378 e. The molecule has 0 radical (unpaired) electrons. The van der Waals surface area contributed by atoms with Gasteiger partial charge in [-0.05, 0) is 12.1 Å². The lowest BCUT2D eigenvalue weighted by molar-refractivity contribution is 0.122. The van der Waals surface area contributed by atoms with Crippen LogP contribution in [0.5, 0.6) is 0 Å². The molecular formula is C12H13N3OS. The summed E-state index contributed by atoms with van der Waals surface area (Å²) in [6.07, 6.45) is 3.62. The molecule has 5 heteroatoms. The van der Waals surface area contributed by atoms with Crippen molar-refractivity contribution in [2.75, 3.05) is 31.2 Å². The van der Waals surface area contributed by atoms with Gasteiger partial charge in [-0.1, -0.05) is 0 Å². The van der Waals surface area contributed by atoms with E-state index in [1.165, 1.54) is 0 Å². The van der Waals surface area contributed by atoms with Crippen molar-refractivity contribution in [3.05, 3.63) is 29.9 Å². The summed E-state index contributed by atoms with van der Waals surface area (Å²) in [6.45, 7) is 3.45. The van der Waals surface area contributed by atoms with Gasteiger partial charge >= 0.3 is 0 Å². The molecule has 4 nitrogen and oxygen atoms in total. The van der Waals surface area contributed by atoms with Crippen LogP contribution < -0.4 is 4.90 Å². The van der Waals surface area contributed by atoms with Crippen LogP contribution in [0.4, 0.5) is 5.13 Å². The molecule has 0 amide bonds. The van der Waals surface area contributed by atoms with E-state index in [0.717, 1.165) is 42.7 Å². The molecule has 0 atom stereocenters. The first-order valence-electron chi connectivity index (χ1n) is 5.62. The monoisotopic (exact) mass is 247 g/mol. The van der Waals surface area contributed by atoms with Crippen LogP contribution in [0.3, 0.4) is 0 Å². The Bertz CT molecular complexity index is 480. The first kappa shape index (κ1) is 10.7. The molecule has 2 aromatic heterocycles. The molecule has 1 aliphatic rings. The second-order valence-corrected chi connectivity index (χ2v) is 4.69. The molecule has 0 aromatic carbocycles. The van der Waals surface area contributed by atoms with Crippen molar-refractivity contribution < 1.29 is 4.74 Å². The average Bonchev–Trinajstić information content (AvgIpc) is 2.90. The van der Waals surface area contributed by atoms with E-state index < -0.39 is 0 Å². The van der Waals surface area contributed by atoms with Crippen molar-refractivity contribution in [3.63, 3.8) is 0 Å². The van der Waals surface area contributed by atoms with E-state index in [2.05, 4.69) is 20.2 Å². The summed E-state index contributed by atoms with van der Waals surface area (Å²) in [7, 11) is 0. The van der Waals surface area contributed by atoms with Gasteiger partial charge in [-0.3, -0.25) is 4.98 Å². The van der Waals surface area contributed by atoms with E-state index >= 15 is 0 Å². The van der Waals surface area contributed by atoms with Gasteiger partial charge in [-0.15, -0.1) is 11.3 Å². The summed E-state index contributed by atoms with van der Waals surface area (Å²) in [5.41, 5.74) is 2.08. The molecule has 0 N–H and O–H groups in total. The normalized spacial score (nSPS) is 16.1. The molecule has 0 spiro atoms. The molecule has 3 rings (SSSR count). The van der Waals surface area contributed by atoms with Crippen molar-refractivity contribution >= 4 is 16.5 Å². The lowest BCUT2D eigenvalue weighted by Gasteiger charge is -2.25. The second kappa shape index (κ2) is 4.81. The van der Waals surface area contributed by atoms with Gasteiger partial charge in [0.1, 0.15) is 0 Å². The third kappa shape index (κ3) is 2.30. The highest BCUT2D eigenvalue weighted by atomic mass is 32.1. The summed E-state index contributed by atoms with van der Waals surface area (Å²) >= 11 is 1.68. The predicted molar refractivity (Wildman–Crippen MR) is 68.4 cm³/mol. The van der Waals surface area contributed by atoms with Gasteiger partial charge in [-0.25, -0.2) is 4.98 Å². The Morgan fingerprint density at radius 3 is 2.94 bits per heavy atom. The molecule has 0 aliphatic carbocycles. The van der Waals surface area contributed by atoms with Crippen LogP contribution in [-0.2, 0) is 4.74 Å². The lowest BCUT2D eigenvalue weighted by Crippen LogP contribution is -2.36. The summed E-state index contributed by atoms with van der Waals surface area (Å²) in [5, 5.41) is 3.16. The summed E-state index contributed by atoms with van der Waals surface area (Å²) in [6, 6.07) is 3.97. The molecule has 17 heavy (non-hydrogen) atoms. The van der Waals surface area contributed by atoms with E-state index in [4.69, 9.17) is 4.74 Å². The fourth-order valence-corrected chi connectivity index (χ4v) is 2.70. The Kier molecular flexibility index (Phi) is 3.02. The number of ether oxygens (including phenoxy) is 1. The van der Waals surface area contributed by atoms with Crippen LogP contribution >= 0.6 is 11.3 Å².